The molecule has 134 valence electrons. The topological polar surface area (TPSA) is 72.4 Å². The number of morpholine rings is 1. The van der Waals surface area contributed by atoms with Crippen LogP contribution < -0.4 is 16.2 Å². The summed E-state index contributed by atoms with van der Waals surface area (Å²) < 4.78 is 6.92. The highest BCUT2D eigenvalue weighted by Gasteiger charge is 2.17. The maximum absolute atomic E-state index is 12.5. The second kappa shape index (κ2) is 9.36. The number of nitrogens with one attached hydrogen (secondary N) is 2. The fourth-order valence-corrected chi connectivity index (χ4v) is 2.71. The van der Waals surface area contributed by atoms with Crippen molar-refractivity contribution >= 4 is 24.0 Å². The molecule has 0 radical (unpaired) electrons. The zero-order valence-corrected chi connectivity index (χ0v) is 14.6. The Morgan fingerprint density at radius 1 is 1.24 bits per heavy atom. The molecular formula is C18H22ClN3O3. The summed E-state index contributed by atoms with van der Waals surface area (Å²) >= 11 is 0. The number of nitrogens with zero attached hydrogens (tertiary/aromatic N) is 1. The van der Waals surface area contributed by atoms with Crippen molar-refractivity contribution in [3.05, 3.63) is 64.6 Å². The number of carbonyl (C=O) groups is 1. The molecule has 1 aromatic heterocycles. The van der Waals surface area contributed by atoms with Gasteiger partial charge in [0.15, 0.2) is 0 Å². The number of carbonyl (C=O) groups excluding carboxylic acids is 1. The highest BCUT2D eigenvalue weighted by atomic mass is 35.5. The van der Waals surface area contributed by atoms with Crippen molar-refractivity contribution in [2.45, 2.75) is 19.0 Å². The van der Waals surface area contributed by atoms with Crippen LogP contribution in [0.2, 0.25) is 0 Å². The number of hydrogen-bond donors (Lipinski definition) is 2. The number of amides is 1. The minimum absolute atomic E-state index is 0. The largest absolute Gasteiger partial charge is 0.378 e. The first kappa shape index (κ1) is 19.2. The van der Waals surface area contributed by atoms with Crippen LogP contribution in [0.4, 0.5) is 5.69 Å². The van der Waals surface area contributed by atoms with Gasteiger partial charge in [0, 0.05) is 25.2 Å². The van der Waals surface area contributed by atoms with Crippen LogP contribution in [0.3, 0.4) is 0 Å². The summed E-state index contributed by atoms with van der Waals surface area (Å²) in [5.74, 6) is -0.187. The highest BCUT2D eigenvalue weighted by molar-refractivity contribution is 5.90. The molecule has 2 aromatic rings. The Kier molecular flexibility index (Phi) is 7.18. The molecule has 1 fully saturated rings. The fourth-order valence-electron chi connectivity index (χ4n) is 2.71. The number of rotatable bonds is 5. The molecular weight excluding hydrogens is 342 g/mol. The molecule has 7 heteroatoms. The van der Waals surface area contributed by atoms with Gasteiger partial charge in [-0.3, -0.25) is 9.59 Å². The van der Waals surface area contributed by atoms with E-state index in [2.05, 4.69) is 10.6 Å². The van der Waals surface area contributed by atoms with Gasteiger partial charge in [-0.15, -0.1) is 12.4 Å². The van der Waals surface area contributed by atoms with Crippen molar-refractivity contribution in [3.8, 4) is 0 Å². The van der Waals surface area contributed by atoms with Gasteiger partial charge in [0.1, 0.15) is 5.69 Å². The van der Waals surface area contributed by atoms with Crippen LogP contribution in [0.25, 0.3) is 0 Å². The van der Waals surface area contributed by atoms with Gasteiger partial charge >= 0.3 is 0 Å². The molecule has 2 N–H and O–H groups in total. The molecule has 0 aliphatic carbocycles. The summed E-state index contributed by atoms with van der Waals surface area (Å²) in [5.41, 5.74) is 1.13. The van der Waals surface area contributed by atoms with Gasteiger partial charge in [-0.1, -0.05) is 30.3 Å². The predicted molar refractivity (Wildman–Crippen MR) is 99.4 cm³/mol. The average Bonchev–Trinajstić information content (AvgIpc) is 2.60. The van der Waals surface area contributed by atoms with Crippen LogP contribution in [0.1, 0.15) is 12.0 Å². The fraction of sp³-hybridized carbons (Fsp3) is 0.333. The number of benzene rings is 1. The minimum Gasteiger partial charge on any atom is -0.378 e. The lowest BCUT2D eigenvalue weighted by Crippen LogP contribution is -2.43. The van der Waals surface area contributed by atoms with Crippen molar-refractivity contribution in [1.82, 2.24) is 9.88 Å². The summed E-state index contributed by atoms with van der Waals surface area (Å²) in [7, 11) is 0. The van der Waals surface area contributed by atoms with E-state index in [1.165, 1.54) is 0 Å². The van der Waals surface area contributed by atoms with Gasteiger partial charge in [0.2, 0.25) is 5.91 Å². The predicted octanol–water partition coefficient (Wildman–Crippen LogP) is 1.64. The zero-order chi connectivity index (χ0) is 16.8. The Labute approximate surface area is 152 Å². The number of halogens is 1. The van der Waals surface area contributed by atoms with Crippen LogP contribution >= 0.6 is 12.4 Å². The molecule has 6 nitrogen and oxygen atoms in total. The molecule has 1 amide bonds. The zero-order valence-electron chi connectivity index (χ0n) is 13.8. The normalized spacial score (nSPS) is 16.7. The molecule has 25 heavy (non-hydrogen) atoms. The van der Waals surface area contributed by atoms with E-state index in [-0.39, 0.29) is 36.3 Å². The third-order valence-electron chi connectivity index (χ3n) is 3.92. The van der Waals surface area contributed by atoms with Crippen molar-refractivity contribution in [1.29, 1.82) is 0 Å². The van der Waals surface area contributed by atoms with E-state index in [1.807, 2.05) is 30.3 Å². The first-order valence-corrected chi connectivity index (χ1v) is 8.07. The summed E-state index contributed by atoms with van der Waals surface area (Å²) in [5, 5.41) is 5.94. The number of pyridine rings is 1. The second-order valence-corrected chi connectivity index (χ2v) is 5.82. The van der Waals surface area contributed by atoms with E-state index in [1.54, 1.807) is 22.9 Å². The van der Waals surface area contributed by atoms with Gasteiger partial charge in [-0.25, -0.2) is 0 Å². The summed E-state index contributed by atoms with van der Waals surface area (Å²) in [6.07, 6.45) is 2.01. The Morgan fingerprint density at radius 3 is 2.76 bits per heavy atom. The SMILES string of the molecule is Cl.O=C(CC1COCCN1)Nc1cccn(Cc2ccccc2)c1=O. The quantitative estimate of drug-likeness (QED) is 0.847. The standard InChI is InChI=1S/C18H21N3O3.ClH/c22-17(11-15-13-24-10-8-19-15)20-16-7-4-9-21(18(16)23)12-14-5-2-1-3-6-14;/h1-7,9,15,19H,8,10-13H2,(H,20,22);1H. The molecule has 1 saturated heterocycles. The van der Waals surface area contributed by atoms with Crippen molar-refractivity contribution < 1.29 is 9.53 Å². The van der Waals surface area contributed by atoms with Crippen LogP contribution in [0, 0.1) is 0 Å². The second-order valence-electron chi connectivity index (χ2n) is 5.82. The number of ether oxygens (including phenoxy) is 1. The number of aromatic nitrogens is 1. The van der Waals surface area contributed by atoms with Gasteiger partial charge in [-0.05, 0) is 17.7 Å². The lowest BCUT2D eigenvalue weighted by atomic mass is 10.2. The molecule has 1 unspecified atom stereocenters. The van der Waals surface area contributed by atoms with Crippen molar-refractivity contribution in [3.63, 3.8) is 0 Å². The third kappa shape index (κ3) is 5.42. The molecule has 3 rings (SSSR count). The van der Waals surface area contributed by atoms with Crippen molar-refractivity contribution in [2.24, 2.45) is 0 Å². The average molecular weight is 364 g/mol. The molecule has 0 bridgehead atoms. The van der Waals surface area contributed by atoms with Gasteiger partial charge < -0.3 is 19.9 Å². The van der Waals surface area contributed by atoms with E-state index < -0.39 is 0 Å². The lowest BCUT2D eigenvalue weighted by molar-refractivity contribution is -0.117. The Hall–Kier alpha value is -2.15. The van der Waals surface area contributed by atoms with Gasteiger partial charge in [-0.2, -0.15) is 0 Å². The summed E-state index contributed by atoms with van der Waals surface area (Å²) in [4.78, 5) is 24.7. The van der Waals surface area contributed by atoms with E-state index in [0.717, 1.165) is 12.1 Å². The summed E-state index contributed by atoms with van der Waals surface area (Å²) in [6.45, 7) is 2.40. The van der Waals surface area contributed by atoms with Crippen molar-refractivity contribution in [2.75, 3.05) is 25.1 Å². The molecule has 1 atom stereocenters. The monoisotopic (exact) mass is 363 g/mol. The smallest absolute Gasteiger partial charge is 0.274 e. The van der Waals surface area contributed by atoms with E-state index in [0.29, 0.717) is 25.4 Å². The lowest BCUT2D eigenvalue weighted by Gasteiger charge is -2.23. The molecule has 2 heterocycles. The van der Waals surface area contributed by atoms with Gasteiger partial charge in [0.05, 0.1) is 19.8 Å². The van der Waals surface area contributed by atoms with Crippen LogP contribution in [-0.4, -0.2) is 36.3 Å². The maximum atomic E-state index is 12.5. The first-order valence-electron chi connectivity index (χ1n) is 8.07. The van der Waals surface area contributed by atoms with Crippen LogP contribution in [0.15, 0.2) is 53.5 Å². The Morgan fingerprint density at radius 2 is 2.04 bits per heavy atom. The third-order valence-corrected chi connectivity index (χ3v) is 3.92. The van der Waals surface area contributed by atoms with E-state index >= 15 is 0 Å². The highest BCUT2D eigenvalue weighted by Crippen LogP contribution is 2.06. The maximum Gasteiger partial charge on any atom is 0.274 e. The molecule has 1 aromatic carbocycles. The number of anilines is 1. The molecule has 0 spiro atoms. The Balaban J connectivity index is 0.00000225. The first-order chi connectivity index (χ1) is 11.7. The van der Waals surface area contributed by atoms with Gasteiger partial charge in [0.25, 0.3) is 5.56 Å². The van der Waals surface area contributed by atoms with Crippen LogP contribution in [0.5, 0.6) is 0 Å². The Bertz CT molecular complexity index is 743. The molecule has 1 aliphatic rings. The van der Waals surface area contributed by atoms with E-state index in [4.69, 9.17) is 4.74 Å². The van der Waals surface area contributed by atoms with E-state index in [9.17, 15) is 9.59 Å². The minimum atomic E-state index is -0.206. The summed E-state index contributed by atoms with van der Waals surface area (Å²) in [6, 6.07) is 13.1. The molecule has 1 aliphatic heterocycles. The van der Waals surface area contributed by atoms with Crippen LogP contribution in [-0.2, 0) is 16.1 Å². The molecule has 0 saturated carbocycles. The number of hydrogen-bond acceptors (Lipinski definition) is 4.